The van der Waals surface area contributed by atoms with Gasteiger partial charge in [0.05, 0.1) is 6.20 Å². The second-order valence-corrected chi connectivity index (χ2v) is 7.87. The number of ether oxygens (including phenoxy) is 2. The van der Waals surface area contributed by atoms with Gasteiger partial charge >= 0.3 is 0 Å². The van der Waals surface area contributed by atoms with Gasteiger partial charge in [-0.1, -0.05) is 12.1 Å². The third-order valence-electron chi connectivity index (χ3n) is 5.91. The summed E-state index contributed by atoms with van der Waals surface area (Å²) >= 11 is 0. The van der Waals surface area contributed by atoms with Crippen LogP contribution in [0.15, 0.2) is 72.1 Å². The fourth-order valence-electron chi connectivity index (χ4n) is 4.37. The third kappa shape index (κ3) is 2.69. The lowest BCUT2D eigenvalue weighted by molar-refractivity contribution is 0.264. The summed E-state index contributed by atoms with van der Waals surface area (Å²) in [6, 6.07) is 14.9. The second kappa shape index (κ2) is 6.65. The highest BCUT2D eigenvalue weighted by Crippen LogP contribution is 2.52. The molecule has 32 heavy (non-hydrogen) atoms. The van der Waals surface area contributed by atoms with Crippen molar-refractivity contribution in [2.24, 2.45) is 17.8 Å². The monoisotopic (exact) mass is 427 g/mol. The minimum atomic E-state index is -0.903. The number of rotatable bonds is 2. The maximum Gasteiger partial charge on any atom is 0.283 e. The molecule has 2 aromatic carbocycles. The number of fused-ring (bicyclic) bond motifs is 4. The van der Waals surface area contributed by atoms with E-state index in [0.29, 0.717) is 22.6 Å². The minimum Gasteiger partial charge on any atom is -0.462 e. The summed E-state index contributed by atoms with van der Waals surface area (Å²) in [7, 11) is 1.87. The van der Waals surface area contributed by atoms with E-state index in [4.69, 9.17) is 20.2 Å². The first-order valence-electron chi connectivity index (χ1n) is 10.1. The zero-order valence-corrected chi connectivity index (χ0v) is 17.1. The summed E-state index contributed by atoms with van der Waals surface area (Å²) in [5.74, 6) is 0.761. The van der Waals surface area contributed by atoms with E-state index in [-0.39, 0.29) is 12.6 Å². The van der Waals surface area contributed by atoms with E-state index in [1.54, 1.807) is 23.0 Å². The predicted octanol–water partition coefficient (Wildman–Crippen LogP) is 3.98. The highest BCUT2D eigenvalue weighted by Gasteiger charge is 2.47. The standard InChI is InChI=1S/C24H18FN5O2/c1-30-12-16(11-28-30)14-4-6-20-18(9-14)24(13-31-23(26)29-24)19-10-15(5-7-21(19)32-20)17-3-2-8-27-22(17)25/h2-12H,13H2,1H3,(H2,26,29)/t24-/m1/s1. The maximum absolute atomic E-state index is 14.4. The molecule has 1 spiro atoms. The molecule has 4 aromatic rings. The van der Waals surface area contributed by atoms with Crippen LogP contribution in [-0.4, -0.2) is 27.4 Å². The zero-order valence-electron chi connectivity index (χ0n) is 17.1. The van der Waals surface area contributed by atoms with Gasteiger partial charge in [0.25, 0.3) is 6.02 Å². The summed E-state index contributed by atoms with van der Waals surface area (Å²) in [4.78, 5) is 8.50. The largest absolute Gasteiger partial charge is 0.462 e. The van der Waals surface area contributed by atoms with Crippen molar-refractivity contribution in [2.45, 2.75) is 5.54 Å². The molecule has 158 valence electrons. The summed E-state index contributed by atoms with van der Waals surface area (Å²) in [5.41, 5.74) is 9.68. The van der Waals surface area contributed by atoms with Crippen molar-refractivity contribution in [2.75, 3.05) is 6.61 Å². The quantitative estimate of drug-likeness (QED) is 0.489. The Labute approximate surface area is 183 Å². The molecule has 0 amide bonds. The SMILES string of the molecule is Cn1cc(-c2ccc3c(c2)[C@]2(COC(N)=N2)c2cc(-c4cccnc4F)ccc2O3)cn1. The molecular formula is C24H18FN5O2. The number of nitrogens with two attached hydrogens (primary N) is 1. The smallest absolute Gasteiger partial charge is 0.283 e. The molecule has 2 aliphatic heterocycles. The van der Waals surface area contributed by atoms with Gasteiger partial charge in [0.2, 0.25) is 5.95 Å². The summed E-state index contributed by atoms with van der Waals surface area (Å²) in [6.45, 7) is 0.220. The molecule has 6 rings (SSSR count). The normalized spacial score (nSPS) is 18.5. The summed E-state index contributed by atoms with van der Waals surface area (Å²) in [5, 5.41) is 4.27. The van der Waals surface area contributed by atoms with Crippen LogP contribution in [0, 0.1) is 5.95 Å². The molecule has 0 bridgehead atoms. The first-order chi connectivity index (χ1) is 15.5. The lowest BCUT2D eigenvalue weighted by Gasteiger charge is -2.34. The number of hydrogen-bond donors (Lipinski definition) is 1. The van der Waals surface area contributed by atoms with Gasteiger partial charge in [0.1, 0.15) is 18.1 Å². The first kappa shape index (κ1) is 18.6. The van der Waals surface area contributed by atoms with Crippen molar-refractivity contribution in [1.82, 2.24) is 14.8 Å². The minimum absolute atomic E-state index is 0.105. The number of aliphatic imine (C=N–C) groups is 1. The number of amidine groups is 1. The van der Waals surface area contributed by atoms with E-state index in [9.17, 15) is 4.39 Å². The molecule has 0 saturated carbocycles. The van der Waals surface area contributed by atoms with Gasteiger partial charge in [-0.3, -0.25) is 4.68 Å². The summed E-state index contributed by atoms with van der Waals surface area (Å²) in [6.07, 6.45) is 5.17. The van der Waals surface area contributed by atoms with Crippen LogP contribution in [-0.2, 0) is 17.3 Å². The predicted molar refractivity (Wildman–Crippen MR) is 117 cm³/mol. The molecule has 0 unspecified atom stereocenters. The molecule has 2 N–H and O–H groups in total. The Bertz CT molecular complexity index is 1410. The molecule has 0 fully saturated rings. The molecule has 0 saturated heterocycles. The maximum atomic E-state index is 14.4. The van der Waals surface area contributed by atoms with Crippen molar-refractivity contribution in [3.05, 3.63) is 84.2 Å². The molecule has 8 heteroatoms. The highest BCUT2D eigenvalue weighted by atomic mass is 19.1. The molecule has 2 aromatic heterocycles. The number of nitrogens with zero attached hydrogens (tertiary/aromatic N) is 4. The van der Waals surface area contributed by atoms with Crippen LogP contribution >= 0.6 is 0 Å². The van der Waals surface area contributed by atoms with E-state index in [2.05, 4.69) is 10.1 Å². The number of hydrogen-bond acceptors (Lipinski definition) is 6. The Balaban J connectivity index is 1.56. The Morgan fingerprint density at radius 3 is 2.44 bits per heavy atom. The Kier molecular flexibility index (Phi) is 3.86. The van der Waals surface area contributed by atoms with Crippen molar-refractivity contribution < 1.29 is 13.9 Å². The molecular weight excluding hydrogens is 409 g/mol. The van der Waals surface area contributed by atoms with Gasteiger partial charge in [0, 0.05) is 41.7 Å². The van der Waals surface area contributed by atoms with Crippen LogP contribution < -0.4 is 10.5 Å². The van der Waals surface area contributed by atoms with Crippen LogP contribution in [0.5, 0.6) is 11.5 Å². The fourth-order valence-corrected chi connectivity index (χ4v) is 4.37. The molecule has 4 heterocycles. The average molecular weight is 427 g/mol. The van der Waals surface area contributed by atoms with Crippen molar-refractivity contribution >= 4 is 6.02 Å². The molecule has 7 nitrogen and oxygen atoms in total. The van der Waals surface area contributed by atoms with Crippen LogP contribution in [0.3, 0.4) is 0 Å². The highest BCUT2D eigenvalue weighted by molar-refractivity contribution is 5.79. The van der Waals surface area contributed by atoms with Crippen LogP contribution in [0.2, 0.25) is 0 Å². The molecule has 0 radical (unpaired) electrons. The van der Waals surface area contributed by atoms with Crippen molar-refractivity contribution in [3.63, 3.8) is 0 Å². The lowest BCUT2D eigenvalue weighted by Crippen LogP contribution is -2.31. The second-order valence-electron chi connectivity index (χ2n) is 7.87. The fraction of sp³-hybridized carbons (Fsp3) is 0.125. The zero-order chi connectivity index (χ0) is 21.9. The van der Waals surface area contributed by atoms with E-state index in [1.807, 2.05) is 49.6 Å². The van der Waals surface area contributed by atoms with E-state index in [0.717, 1.165) is 22.3 Å². The lowest BCUT2D eigenvalue weighted by atomic mass is 9.79. The van der Waals surface area contributed by atoms with Crippen LogP contribution in [0.25, 0.3) is 22.3 Å². The topological polar surface area (TPSA) is 87.6 Å². The number of halogens is 1. The van der Waals surface area contributed by atoms with Crippen molar-refractivity contribution in [1.29, 1.82) is 0 Å². The average Bonchev–Trinajstić information content (AvgIpc) is 3.41. The Hall–Kier alpha value is -4.20. The van der Waals surface area contributed by atoms with Gasteiger partial charge in [-0.05, 0) is 47.5 Å². The Morgan fingerprint density at radius 2 is 1.78 bits per heavy atom. The van der Waals surface area contributed by atoms with E-state index < -0.39 is 11.5 Å². The third-order valence-corrected chi connectivity index (χ3v) is 5.91. The number of aryl methyl sites for hydroxylation is 1. The number of aromatic nitrogens is 3. The van der Waals surface area contributed by atoms with Gasteiger partial charge in [-0.2, -0.15) is 9.49 Å². The van der Waals surface area contributed by atoms with Gasteiger partial charge < -0.3 is 15.2 Å². The van der Waals surface area contributed by atoms with Crippen LogP contribution in [0.1, 0.15) is 11.1 Å². The van der Waals surface area contributed by atoms with Gasteiger partial charge in [-0.25, -0.2) is 9.98 Å². The van der Waals surface area contributed by atoms with E-state index >= 15 is 0 Å². The number of pyridine rings is 1. The van der Waals surface area contributed by atoms with E-state index in [1.165, 1.54) is 6.20 Å². The van der Waals surface area contributed by atoms with Crippen LogP contribution in [0.4, 0.5) is 4.39 Å². The van der Waals surface area contributed by atoms with Gasteiger partial charge in [0.15, 0.2) is 5.54 Å². The molecule has 0 aliphatic carbocycles. The van der Waals surface area contributed by atoms with Crippen molar-refractivity contribution in [3.8, 4) is 33.8 Å². The van der Waals surface area contributed by atoms with Gasteiger partial charge in [-0.15, -0.1) is 0 Å². The Morgan fingerprint density at radius 1 is 1.03 bits per heavy atom. The molecule has 2 aliphatic rings. The molecule has 1 atom stereocenters. The number of benzene rings is 2. The summed E-state index contributed by atoms with van der Waals surface area (Å²) < 4.78 is 28.0. The first-order valence-corrected chi connectivity index (χ1v) is 10.1.